The molecule has 0 unspecified atom stereocenters. The Morgan fingerprint density at radius 1 is 0.327 bits per heavy atom. The Bertz CT molecular complexity index is 4210. The van der Waals surface area contributed by atoms with Crippen LogP contribution in [0.3, 0.4) is 0 Å². The van der Waals surface area contributed by atoms with Gasteiger partial charge in [0.15, 0.2) is 0 Å². The van der Waals surface area contributed by atoms with Crippen LogP contribution in [0.4, 0.5) is 9.59 Å². The molecule has 0 aliphatic heterocycles. The molecule has 0 spiro atoms. The van der Waals surface area contributed by atoms with Gasteiger partial charge in [0, 0.05) is 24.3 Å². The van der Waals surface area contributed by atoms with E-state index in [-0.39, 0.29) is 58.8 Å². The summed E-state index contributed by atoms with van der Waals surface area (Å²) in [6.45, 7) is 11.2. The van der Waals surface area contributed by atoms with Gasteiger partial charge in [-0.3, -0.25) is 0 Å². The van der Waals surface area contributed by atoms with Crippen LogP contribution in [0, 0.1) is 11.3 Å². The van der Waals surface area contributed by atoms with Crippen molar-refractivity contribution < 1.29 is 129 Å². The largest absolute Gasteiger partial charge is 0.516 e. The molecule has 0 bridgehead atoms. The van der Waals surface area contributed by atoms with Gasteiger partial charge in [-0.15, -0.1) is 0 Å². The second-order valence-electron chi connectivity index (χ2n) is 18.5. The summed E-state index contributed by atoms with van der Waals surface area (Å²) in [5, 5.41) is 17.5. The van der Waals surface area contributed by atoms with Gasteiger partial charge in [-0.2, -0.15) is 5.26 Å². The van der Waals surface area contributed by atoms with E-state index in [1.54, 1.807) is 72.8 Å². The van der Waals surface area contributed by atoms with Crippen molar-refractivity contribution in [2.75, 3.05) is 34.3 Å². The quantitative estimate of drug-likeness (QED) is 0.0131. The van der Waals surface area contributed by atoms with Gasteiger partial charge in [-0.05, 0) is 182 Å². The van der Waals surface area contributed by atoms with E-state index in [0.717, 1.165) is 24.3 Å². The molecule has 8 aromatic carbocycles. The minimum absolute atomic E-state index is 0.0958. The molecule has 0 heterocycles. The highest BCUT2D eigenvalue weighted by molar-refractivity contribution is 5.94. The number of hydrogen-bond acceptors (Lipinski definition) is 27. The van der Waals surface area contributed by atoms with E-state index >= 15 is 0 Å². The molecule has 0 fully saturated rings. The standard InChI is InChI=1S/C19H13NO7.C19H16O8.C18H14O7.C17H14O5/c1-2-17(21)24-12-25-19(23)27-16-9-5-14(6-10-16)18(22)26-15-7-3-13(11-20)4-8-15;1-3-17(20)24-12-25-19(22)27-16-6-4-13(5-7-16)18(21)26-15-10-8-14(23-2)9-11-15;1-2-16(19)24-11-23-14-7-5-13(6-8-14)18(22)25-15-9-3-12(4-10-15)17(20)21;1-2-16(18)21-12-20-14-10-8-13(9-11-14)17(19)22-15-6-4-3-5-7-15/h2-10H,1,12H2;3-11H,1,12H2,2H3;2-10H,1,11H2,(H,20,21);2-11H,1,12H2. The maximum atomic E-state index is 12.1. The van der Waals surface area contributed by atoms with E-state index < -0.39 is 79.6 Å². The Labute approximate surface area is 574 Å². The number of carbonyl (C=O) groups is 11. The average molecular weight is 1380 g/mol. The lowest BCUT2D eigenvalue weighted by molar-refractivity contribution is -0.147. The second-order valence-corrected chi connectivity index (χ2v) is 18.5. The predicted molar refractivity (Wildman–Crippen MR) is 350 cm³/mol. The first-order valence-electron chi connectivity index (χ1n) is 28.6. The summed E-state index contributed by atoms with van der Waals surface area (Å²) >= 11 is 0. The number of methoxy groups -OCH3 is 1. The molecule has 0 saturated carbocycles. The number of rotatable bonds is 26. The van der Waals surface area contributed by atoms with Crippen molar-refractivity contribution in [1.82, 2.24) is 0 Å². The SMILES string of the molecule is C=CC(=O)OCOC(=O)Oc1ccc(C(=O)Oc2ccc(C#N)cc2)cc1.C=CC(=O)OCOC(=O)Oc1ccc(C(=O)Oc2ccc(OC)cc2)cc1.C=CC(=O)OCOc1ccc(C(=O)Oc2ccc(C(=O)O)cc2)cc1.C=CC(=O)OCOc1ccc(C(=O)Oc2ccccc2)cc1. The number of nitriles is 1. The van der Waals surface area contributed by atoms with Crippen molar-refractivity contribution in [2.24, 2.45) is 0 Å². The molecule has 0 aromatic heterocycles. The van der Waals surface area contributed by atoms with Crippen LogP contribution < -0.4 is 42.6 Å². The molecule has 8 aromatic rings. The predicted octanol–water partition coefficient (Wildman–Crippen LogP) is 11.7. The maximum absolute atomic E-state index is 12.1. The van der Waals surface area contributed by atoms with Crippen molar-refractivity contribution in [3.63, 3.8) is 0 Å². The lowest BCUT2D eigenvalue weighted by Crippen LogP contribution is -2.15. The molecular weight excluding hydrogens is 1320 g/mol. The number of nitrogens with zero attached hydrogens (tertiary/aromatic N) is 1. The molecule has 101 heavy (non-hydrogen) atoms. The molecule has 0 saturated heterocycles. The third-order valence-corrected chi connectivity index (χ3v) is 11.8. The van der Waals surface area contributed by atoms with Crippen LogP contribution in [-0.2, 0) is 47.6 Å². The zero-order valence-electron chi connectivity index (χ0n) is 53.0. The molecule has 0 amide bonds. The summed E-state index contributed by atoms with van der Waals surface area (Å²) < 4.78 is 73.2. The number of esters is 8. The minimum atomic E-state index is -1.08. The average Bonchev–Trinajstić information content (AvgIpc) is 0.924. The summed E-state index contributed by atoms with van der Waals surface area (Å²) in [6, 6.07) is 52.3. The fourth-order valence-electron chi connectivity index (χ4n) is 6.82. The molecule has 516 valence electrons. The van der Waals surface area contributed by atoms with E-state index in [4.69, 9.17) is 53.0 Å². The van der Waals surface area contributed by atoms with E-state index in [1.807, 2.05) is 12.1 Å². The van der Waals surface area contributed by atoms with Crippen LogP contribution in [-0.4, -0.2) is 105 Å². The Kier molecular flexibility index (Phi) is 32.0. The minimum Gasteiger partial charge on any atom is -0.497 e. The highest BCUT2D eigenvalue weighted by Gasteiger charge is 2.16. The third-order valence-electron chi connectivity index (χ3n) is 11.8. The zero-order valence-corrected chi connectivity index (χ0v) is 53.0. The number of para-hydroxylation sites is 1. The van der Waals surface area contributed by atoms with Crippen LogP contribution in [0.1, 0.15) is 57.4 Å². The first-order chi connectivity index (χ1) is 48.7. The van der Waals surface area contributed by atoms with E-state index in [2.05, 4.69) is 54.7 Å². The molecule has 8 rings (SSSR count). The molecule has 28 nitrogen and oxygen atoms in total. The van der Waals surface area contributed by atoms with Gasteiger partial charge in [0.2, 0.25) is 27.2 Å². The van der Waals surface area contributed by atoms with Crippen LogP contribution in [0.25, 0.3) is 0 Å². The monoisotopic (exact) mass is 1380 g/mol. The molecule has 28 heteroatoms. The van der Waals surface area contributed by atoms with Crippen LogP contribution >= 0.6 is 0 Å². The van der Waals surface area contributed by atoms with E-state index in [9.17, 15) is 52.7 Å². The summed E-state index contributed by atoms with van der Waals surface area (Å²) in [5.41, 5.74) is 1.68. The number of benzene rings is 8. The van der Waals surface area contributed by atoms with Gasteiger partial charge < -0.3 is 76.2 Å². The summed E-state index contributed by atoms with van der Waals surface area (Å²) in [4.78, 5) is 125. The van der Waals surface area contributed by atoms with E-state index in [1.165, 1.54) is 128 Å². The normalized spacial score (nSPS) is 9.62. The lowest BCUT2D eigenvalue weighted by atomic mass is 10.2. The van der Waals surface area contributed by atoms with Crippen molar-refractivity contribution in [3.8, 4) is 57.8 Å². The van der Waals surface area contributed by atoms with Gasteiger partial charge in [0.1, 0.15) is 51.7 Å². The Morgan fingerprint density at radius 2 is 0.584 bits per heavy atom. The van der Waals surface area contributed by atoms with Crippen molar-refractivity contribution in [2.45, 2.75) is 0 Å². The van der Waals surface area contributed by atoms with Gasteiger partial charge in [-0.1, -0.05) is 44.5 Å². The van der Waals surface area contributed by atoms with E-state index in [0.29, 0.717) is 39.9 Å². The lowest BCUT2D eigenvalue weighted by Gasteiger charge is -2.07. The number of ether oxygens (including phenoxy) is 15. The number of carboxylic acids is 1. The molecule has 0 aliphatic carbocycles. The van der Waals surface area contributed by atoms with Crippen molar-refractivity contribution in [1.29, 1.82) is 5.26 Å². The third kappa shape index (κ3) is 28.9. The van der Waals surface area contributed by atoms with Crippen LogP contribution in [0.2, 0.25) is 0 Å². The Balaban J connectivity index is 0.000000243. The van der Waals surface area contributed by atoms with Gasteiger partial charge in [-0.25, -0.2) is 52.7 Å². The maximum Gasteiger partial charge on any atom is 0.516 e. The zero-order chi connectivity index (χ0) is 73.3. The number of hydrogen-bond donors (Lipinski definition) is 1. The van der Waals surface area contributed by atoms with Gasteiger partial charge in [0.25, 0.3) is 0 Å². The van der Waals surface area contributed by atoms with Crippen molar-refractivity contribution in [3.05, 3.63) is 284 Å². The van der Waals surface area contributed by atoms with Crippen LogP contribution in [0.5, 0.6) is 51.7 Å². The Morgan fingerprint density at radius 3 is 0.881 bits per heavy atom. The highest BCUT2D eigenvalue weighted by Crippen LogP contribution is 2.23. The fraction of sp³-hybridized carbons (Fsp3) is 0.0685. The summed E-state index contributed by atoms with van der Waals surface area (Å²) in [6.07, 6.45) is 1.76. The van der Waals surface area contributed by atoms with Gasteiger partial charge in [0.05, 0.1) is 46.6 Å². The fourth-order valence-corrected chi connectivity index (χ4v) is 6.82. The highest BCUT2D eigenvalue weighted by atomic mass is 16.8. The molecule has 0 atom stereocenters. The topological polar surface area (TPSA) is 370 Å². The Hall–Kier alpha value is -14.6. The second kappa shape index (κ2) is 41.9. The molecule has 0 radical (unpaired) electrons. The number of carbonyl (C=O) groups excluding carboxylic acids is 10. The van der Waals surface area contributed by atoms with Gasteiger partial charge >= 0.3 is 66.0 Å². The smallest absolute Gasteiger partial charge is 0.497 e. The van der Waals surface area contributed by atoms with Crippen LogP contribution in [0.15, 0.2) is 251 Å². The molecule has 0 aliphatic rings. The molecule has 1 N–H and O–H groups in total. The summed E-state index contributed by atoms with van der Waals surface area (Å²) in [7, 11) is 1.54. The molecular formula is C73H57NO27. The number of carboxylic acid groups (broad SMARTS) is 1. The van der Waals surface area contributed by atoms with Crippen molar-refractivity contribution >= 4 is 66.0 Å². The first-order valence-corrected chi connectivity index (χ1v) is 28.6. The first kappa shape index (κ1) is 77.1. The number of aromatic carboxylic acids is 1. The summed E-state index contributed by atoms with van der Waals surface area (Å²) in [5.74, 6) is -2.86.